The molecule has 4 N–H and O–H groups in total. The van der Waals surface area contributed by atoms with Crippen LogP contribution in [-0.4, -0.2) is 83.7 Å². The number of aromatic hydroxyl groups is 2. The van der Waals surface area contributed by atoms with E-state index in [1.807, 2.05) is 64.2 Å². The van der Waals surface area contributed by atoms with Gasteiger partial charge in [-0.25, -0.2) is 4.79 Å². The minimum atomic E-state index is -0.919. The minimum Gasteiger partial charge on any atom is -0.507 e. The Morgan fingerprint density at radius 3 is 2.48 bits per heavy atom. The molecule has 0 aliphatic carbocycles. The fraction of sp³-hybridized carbons (Fsp3) is 0.462. The number of hydrogen-bond donors (Lipinski definition) is 4. The Hall–Kier alpha value is -5.19. The molecule has 13 nitrogen and oxygen atoms in total. The largest absolute Gasteiger partial charge is 0.507 e. The first-order chi connectivity index (χ1) is 25.0. The predicted molar refractivity (Wildman–Crippen MR) is 189 cm³/mol. The van der Waals surface area contributed by atoms with Gasteiger partial charge in [0.2, 0.25) is 12.7 Å². The summed E-state index contributed by atoms with van der Waals surface area (Å²) < 4.78 is 22.9. The van der Waals surface area contributed by atoms with Crippen LogP contribution in [0.4, 0.5) is 4.79 Å². The quantitative estimate of drug-likeness (QED) is 0.263. The van der Waals surface area contributed by atoms with Gasteiger partial charge >= 0.3 is 6.09 Å². The lowest BCUT2D eigenvalue weighted by Gasteiger charge is -2.60. The van der Waals surface area contributed by atoms with E-state index in [1.165, 1.54) is 7.11 Å². The number of phenols is 2. The van der Waals surface area contributed by atoms with Crippen LogP contribution in [0.15, 0.2) is 36.4 Å². The Morgan fingerprint density at radius 2 is 1.79 bits per heavy atom. The smallest absolute Gasteiger partial charge is 0.408 e. The number of rotatable bonds is 8. The molecular weight excluding hydrogens is 666 g/mol. The lowest BCUT2D eigenvalue weighted by Crippen LogP contribution is -2.69. The molecule has 2 bridgehead atoms. The van der Waals surface area contributed by atoms with Crippen molar-refractivity contribution in [3.63, 3.8) is 0 Å². The average Bonchev–Trinajstić information content (AvgIpc) is 3.62. The van der Waals surface area contributed by atoms with Crippen molar-refractivity contribution < 1.29 is 38.7 Å². The summed E-state index contributed by atoms with van der Waals surface area (Å²) in [5, 5.41) is 40.1. The molecule has 7 rings (SSSR count). The van der Waals surface area contributed by atoms with Crippen LogP contribution in [0.25, 0.3) is 0 Å². The number of nitriles is 1. The van der Waals surface area contributed by atoms with Crippen molar-refractivity contribution >= 4 is 12.0 Å². The van der Waals surface area contributed by atoms with Gasteiger partial charge in [0, 0.05) is 40.9 Å². The van der Waals surface area contributed by atoms with Crippen LogP contribution in [0.2, 0.25) is 0 Å². The fourth-order valence-electron chi connectivity index (χ4n) is 8.78. The third-order valence-electron chi connectivity index (χ3n) is 11.2. The number of amides is 2. The van der Waals surface area contributed by atoms with Crippen LogP contribution in [0.1, 0.15) is 64.9 Å². The van der Waals surface area contributed by atoms with E-state index in [2.05, 4.69) is 26.5 Å². The Bertz CT molecular complexity index is 1950. The van der Waals surface area contributed by atoms with Crippen LogP contribution in [0, 0.1) is 31.1 Å². The van der Waals surface area contributed by atoms with E-state index in [0.29, 0.717) is 46.8 Å². The maximum absolute atomic E-state index is 13.9. The van der Waals surface area contributed by atoms with Gasteiger partial charge in [0.25, 0.3) is 0 Å². The molecule has 3 aromatic rings. The van der Waals surface area contributed by atoms with Crippen molar-refractivity contribution in [3.05, 3.63) is 75.3 Å². The number of hydrogen-bond acceptors (Lipinski definition) is 11. The van der Waals surface area contributed by atoms with Crippen molar-refractivity contribution in [2.75, 3.05) is 27.5 Å². The molecule has 0 aromatic heterocycles. The molecule has 1 fully saturated rings. The molecule has 6 atom stereocenters. The summed E-state index contributed by atoms with van der Waals surface area (Å²) in [4.78, 5) is 31.1. The maximum Gasteiger partial charge on any atom is 0.408 e. The van der Waals surface area contributed by atoms with E-state index < -0.39 is 36.2 Å². The van der Waals surface area contributed by atoms with Gasteiger partial charge in [-0.1, -0.05) is 50.2 Å². The standard InChI is InChI=1S/C39H45N5O8/c1-19(2)31(42-39(48)50-17-22-10-8-7-9-11-22)38(47)41-16-28-30-24(33(45)21(4)36-37(30)52-18-51-36)14-26-32-29-23(12-20(3)35(49-6)34(29)46)13-25(43(32)5)27(15-40)44(26)28/h7-12,19,25-28,31-32,45-46H,13-14,16-18H2,1-6H3,(H,41,47)(H,42,48)/t25-,26?,27-,28-,31-,32-/m0/s1. The molecule has 1 saturated heterocycles. The highest BCUT2D eigenvalue weighted by atomic mass is 16.7. The maximum atomic E-state index is 13.9. The second-order valence-electron chi connectivity index (χ2n) is 14.4. The Balaban J connectivity index is 1.26. The number of nitrogens with one attached hydrogen (secondary N) is 2. The van der Waals surface area contributed by atoms with E-state index >= 15 is 0 Å². The van der Waals surface area contributed by atoms with E-state index in [1.54, 1.807) is 6.92 Å². The zero-order valence-electron chi connectivity index (χ0n) is 30.2. The summed E-state index contributed by atoms with van der Waals surface area (Å²) in [5.74, 6) is 0.735. The lowest BCUT2D eigenvalue weighted by molar-refractivity contribution is -0.125. The van der Waals surface area contributed by atoms with Crippen molar-refractivity contribution in [3.8, 4) is 34.8 Å². The lowest BCUT2D eigenvalue weighted by atomic mass is 9.71. The molecule has 2 amide bonds. The Labute approximate surface area is 303 Å². The van der Waals surface area contributed by atoms with Gasteiger partial charge in [-0.2, -0.15) is 5.26 Å². The van der Waals surface area contributed by atoms with Gasteiger partial charge in [0.1, 0.15) is 24.4 Å². The number of methoxy groups -OCH3 is 1. The van der Waals surface area contributed by atoms with Gasteiger partial charge in [0.05, 0.1) is 25.3 Å². The second-order valence-corrected chi connectivity index (χ2v) is 14.4. The first-order valence-electron chi connectivity index (χ1n) is 17.6. The van der Waals surface area contributed by atoms with Gasteiger partial charge in [-0.3, -0.25) is 14.6 Å². The third kappa shape index (κ3) is 5.70. The molecule has 52 heavy (non-hydrogen) atoms. The molecule has 4 aliphatic heterocycles. The molecule has 0 saturated carbocycles. The zero-order chi connectivity index (χ0) is 37.0. The minimum absolute atomic E-state index is 0.0298. The molecular formula is C39H45N5O8. The normalized spacial score (nSPS) is 23.5. The van der Waals surface area contributed by atoms with Crippen LogP contribution >= 0.6 is 0 Å². The fourth-order valence-corrected chi connectivity index (χ4v) is 8.78. The zero-order valence-corrected chi connectivity index (χ0v) is 30.2. The van der Waals surface area contributed by atoms with Crippen molar-refractivity contribution in [2.45, 2.75) is 83.4 Å². The number of carbonyl (C=O) groups is 2. The monoisotopic (exact) mass is 711 g/mol. The Morgan fingerprint density at radius 1 is 1.06 bits per heavy atom. The van der Waals surface area contributed by atoms with E-state index in [9.17, 15) is 25.1 Å². The second kappa shape index (κ2) is 13.7. The molecule has 1 unspecified atom stereocenters. The van der Waals surface area contributed by atoms with Gasteiger partial charge in [-0.05, 0) is 56.3 Å². The summed E-state index contributed by atoms with van der Waals surface area (Å²) in [5.41, 5.74) is 5.14. The van der Waals surface area contributed by atoms with E-state index in [4.69, 9.17) is 18.9 Å². The van der Waals surface area contributed by atoms with E-state index in [-0.39, 0.29) is 49.4 Å². The number of fused-ring (bicyclic) bond motifs is 9. The highest BCUT2D eigenvalue weighted by Gasteiger charge is 2.56. The topological polar surface area (TPSA) is 166 Å². The summed E-state index contributed by atoms with van der Waals surface area (Å²) >= 11 is 0. The first-order valence-corrected chi connectivity index (χ1v) is 17.6. The van der Waals surface area contributed by atoms with E-state index in [0.717, 1.165) is 22.3 Å². The number of phenolic OH excluding ortho intramolecular Hbond substituents is 2. The van der Waals surface area contributed by atoms with Crippen LogP contribution in [0.3, 0.4) is 0 Å². The van der Waals surface area contributed by atoms with Crippen LogP contribution in [0.5, 0.6) is 28.7 Å². The molecule has 4 aliphatic rings. The SMILES string of the molecule is COc1c(C)cc2c(c1O)[C@@H]1C3Cc4c(O)c(C)c5c(c4[C@H](CNC(=O)[C@@H](NC(=O)OCc4ccccc4)C(C)C)N3[C@@H](C#N)[C@H](C2)N1C)OCO5. The molecule has 0 radical (unpaired) electrons. The third-order valence-corrected chi connectivity index (χ3v) is 11.2. The highest BCUT2D eigenvalue weighted by molar-refractivity contribution is 5.86. The van der Waals surface area contributed by atoms with Crippen molar-refractivity contribution in [2.24, 2.45) is 5.92 Å². The number of nitrogens with zero attached hydrogens (tertiary/aromatic N) is 3. The Kier molecular flexibility index (Phi) is 9.31. The highest BCUT2D eigenvalue weighted by Crippen LogP contribution is 2.58. The number of carbonyl (C=O) groups excluding carboxylic acids is 2. The number of aryl methyl sites for hydroxylation is 1. The molecule has 274 valence electrons. The van der Waals surface area contributed by atoms with Gasteiger partial charge in [-0.15, -0.1) is 0 Å². The summed E-state index contributed by atoms with van der Waals surface area (Å²) in [6.07, 6.45) is 0.127. The molecule has 4 heterocycles. The van der Waals surface area contributed by atoms with Crippen molar-refractivity contribution in [1.29, 1.82) is 5.26 Å². The number of piperazine rings is 1. The van der Waals surface area contributed by atoms with Gasteiger partial charge in [0.15, 0.2) is 23.0 Å². The van der Waals surface area contributed by atoms with Crippen LogP contribution < -0.4 is 24.8 Å². The van der Waals surface area contributed by atoms with Gasteiger partial charge < -0.3 is 39.8 Å². The molecule has 13 heteroatoms. The average molecular weight is 712 g/mol. The number of likely N-dealkylation sites (N-methyl/N-ethyl adjacent to an activating group) is 1. The summed E-state index contributed by atoms with van der Waals surface area (Å²) in [6, 6.07) is 10.7. The first kappa shape index (κ1) is 35.2. The predicted octanol–water partition coefficient (Wildman–Crippen LogP) is 4.29. The number of benzene rings is 3. The van der Waals surface area contributed by atoms with Crippen LogP contribution in [-0.2, 0) is 29.0 Å². The molecule has 0 spiro atoms. The summed E-state index contributed by atoms with van der Waals surface area (Å²) in [7, 11) is 3.50. The van der Waals surface area contributed by atoms with Crippen molar-refractivity contribution in [1.82, 2.24) is 20.4 Å². The number of ether oxygens (including phenoxy) is 4. The summed E-state index contributed by atoms with van der Waals surface area (Å²) in [6.45, 7) is 7.39. The molecule has 3 aromatic carbocycles. The number of alkyl carbamates (subject to hydrolysis) is 1.